The van der Waals surface area contributed by atoms with Gasteiger partial charge in [-0.3, -0.25) is 4.57 Å². The van der Waals surface area contributed by atoms with Gasteiger partial charge in [0.1, 0.15) is 0 Å². The Labute approximate surface area is 179 Å². The number of fused-ring (bicyclic) bond motifs is 1. The molecule has 1 N–H and O–H groups in total. The fourth-order valence-corrected chi connectivity index (χ4v) is 3.50. The maximum absolute atomic E-state index is 13.2. The molecule has 9 heteroatoms. The molecule has 3 nitrogen and oxygen atoms in total. The summed E-state index contributed by atoms with van der Waals surface area (Å²) in [6, 6.07) is 16.3. The summed E-state index contributed by atoms with van der Waals surface area (Å²) >= 11 is 0. The van der Waals surface area contributed by atoms with E-state index >= 15 is 0 Å². The van der Waals surface area contributed by atoms with Crippen LogP contribution in [0, 0.1) is 6.92 Å². The molecule has 0 spiro atoms. The molecule has 0 aliphatic rings. The predicted molar refractivity (Wildman–Crippen MR) is 110 cm³/mol. The average molecular weight is 449 g/mol. The first-order valence-corrected chi connectivity index (χ1v) is 9.60. The van der Waals surface area contributed by atoms with E-state index in [2.05, 4.69) is 10.3 Å². The Balaban J connectivity index is 1.76. The molecule has 0 fully saturated rings. The maximum atomic E-state index is 13.2. The summed E-state index contributed by atoms with van der Waals surface area (Å²) in [5.41, 5.74) is 0.225. The van der Waals surface area contributed by atoms with Gasteiger partial charge in [0.15, 0.2) is 0 Å². The van der Waals surface area contributed by atoms with Gasteiger partial charge in [0.2, 0.25) is 5.95 Å². The lowest BCUT2D eigenvalue weighted by atomic mass is 10.0. The second kappa shape index (κ2) is 7.89. The summed E-state index contributed by atoms with van der Waals surface area (Å²) in [5, 5.41) is 2.92. The number of aryl methyl sites for hydroxylation is 1. The van der Waals surface area contributed by atoms with Crippen molar-refractivity contribution < 1.29 is 26.3 Å². The van der Waals surface area contributed by atoms with E-state index < -0.39 is 23.5 Å². The van der Waals surface area contributed by atoms with E-state index in [0.29, 0.717) is 23.6 Å². The minimum absolute atomic E-state index is 0.117. The SMILES string of the molecule is Cc1cccc2c1nc(NCc1cc(C(F)(F)F)cc(C(F)(F)F)c1)n2-c1ccccc1. The van der Waals surface area contributed by atoms with Crippen LogP contribution in [0.4, 0.5) is 32.3 Å². The summed E-state index contributed by atoms with van der Waals surface area (Å²) in [5.74, 6) is 0.312. The van der Waals surface area contributed by atoms with Gasteiger partial charge in [-0.15, -0.1) is 0 Å². The molecule has 0 saturated heterocycles. The molecule has 4 rings (SSSR count). The highest BCUT2D eigenvalue weighted by molar-refractivity contribution is 5.84. The largest absolute Gasteiger partial charge is 0.416 e. The Morgan fingerprint density at radius 3 is 2.03 bits per heavy atom. The average Bonchev–Trinajstić information content (AvgIpc) is 3.11. The Bertz CT molecular complexity index is 1220. The smallest absolute Gasteiger partial charge is 0.351 e. The second-order valence-corrected chi connectivity index (χ2v) is 7.32. The minimum atomic E-state index is -4.90. The summed E-state index contributed by atoms with van der Waals surface area (Å²) in [4.78, 5) is 4.55. The summed E-state index contributed by atoms with van der Waals surface area (Å²) < 4.78 is 80.8. The van der Waals surface area contributed by atoms with E-state index in [-0.39, 0.29) is 18.2 Å². The van der Waals surface area contributed by atoms with Crippen molar-refractivity contribution in [3.05, 3.63) is 89.0 Å². The van der Waals surface area contributed by atoms with Gasteiger partial charge in [0.25, 0.3) is 0 Å². The van der Waals surface area contributed by atoms with Crippen LogP contribution >= 0.6 is 0 Å². The van der Waals surface area contributed by atoms with E-state index in [1.807, 2.05) is 55.5 Å². The van der Waals surface area contributed by atoms with Gasteiger partial charge >= 0.3 is 12.4 Å². The number of hydrogen-bond acceptors (Lipinski definition) is 2. The van der Waals surface area contributed by atoms with Crippen molar-refractivity contribution in [2.24, 2.45) is 0 Å². The number of benzene rings is 3. The molecule has 0 saturated carbocycles. The number of nitrogens with zero attached hydrogens (tertiary/aromatic N) is 2. The van der Waals surface area contributed by atoms with Crippen LogP contribution in [-0.4, -0.2) is 9.55 Å². The van der Waals surface area contributed by atoms with Crippen molar-refractivity contribution in [3.63, 3.8) is 0 Å². The van der Waals surface area contributed by atoms with Crippen LogP contribution in [0.2, 0.25) is 0 Å². The zero-order chi connectivity index (χ0) is 23.1. The molecule has 0 bridgehead atoms. The van der Waals surface area contributed by atoms with Gasteiger partial charge in [-0.1, -0.05) is 30.3 Å². The van der Waals surface area contributed by atoms with Gasteiger partial charge < -0.3 is 5.32 Å². The number of imidazole rings is 1. The molecule has 0 aliphatic heterocycles. The summed E-state index contributed by atoms with van der Waals surface area (Å²) in [6.45, 7) is 1.60. The quantitative estimate of drug-likeness (QED) is 0.341. The fourth-order valence-electron chi connectivity index (χ4n) is 3.50. The minimum Gasteiger partial charge on any atom is -0.351 e. The number of hydrogen-bond donors (Lipinski definition) is 1. The molecule has 0 amide bonds. The van der Waals surface area contributed by atoms with Gasteiger partial charge in [0.05, 0.1) is 22.2 Å². The molecule has 0 atom stereocenters. The molecule has 1 aromatic heterocycles. The summed E-state index contributed by atoms with van der Waals surface area (Å²) in [7, 11) is 0. The van der Waals surface area contributed by atoms with Crippen molar-refractivity contribution in [2.75, 3.05) is 5.32 Å². The van der Waals surface area contributed by atoms with Crippen molar-refractivity contribution in [3.8, 4) is 5.69 Å². The molecular formula is C23H17F6N3. The highest BCUT2D eigenvalue weighted by Gasteiger charge is 2.36. The number of anilines is 1. The van der Waals surface area contributed by atoms with Crippen molar-refractivity contribution >= 4 is 17.0 Å². The number of alkyl halides is 6. The third-order valence-corrected chi connectivity index (χ3v) is 5.00. The van der Waals surface area contributed by atoms with Crippen LogP contribution in [0.5, 0.6) is 0 Å². The van der Waals surface area contributed by atoms with Crippen LogP contribution in [0.3, 0.4) is 0 Å². The first kappa shape index (κ1) is 21.7. The maximum Gasteiger partial charge on any atom is 0.416 e. The lowest BCUT2D eigenvalue weighted by molar-refractivity contribution is -0.143. The Kier molecular flexibility index (Phi) is 5.36. The third kappa shape index (κ3) is 4.28. The molecule has 1 heterocycles. The van der Waals surface area contributed by atoms with Crippen LogP contribution in [0.1, 0.15) is 22.3 Å². The lowest BCUT2D eigenvalue weighted by Crippen LogP contribution is -2.13. The number of nitrogens with one attached hydrogen (secondary N) is 1. The highest BCUT2D eigenvalue weighted by Crippen LogP contribution is 2.36. The topological polar surface area (TPSA) is 29.9 Å². The number of aromatic nitrogens is 2. The Morgan fingerprint density at radius 2 is 1.44 bits per heavy atom. The van der Waals surface area contributed by atoms with E-state index in [4.69, 9.17) is 0 Å². The Morgan fingerprint density at radius 1 is 0.812 bits per heavy atom. The van der Waals surface area contributed by atoms with Crippen molar-refractivity contribution in [2.45, 2.75) is 25.8 Å². The van der Waals surface area contributed by atoms with Gasteiger partial charge in [-0.05, 0) is 54.4 Å². The number of rotatable bonds is 4. The van der Waals surface area contributed by atoms with E-state index in [9.17, 15) is 26.3 Å². The van der Waals surface area contributed by atoms with Crippen LogP contribution in [0.15, 0.2) is 66.7 Å². The number of para-hydroxylation sites is 2. The van der Waals surface area contributed by atoms with Crippen molar-refractivity contribution in [1.29, 1.82) is 0 Å². The molecule has 0 radical (unpaired) electrons. The predicted octanol–water partition coefficient (Wildman–Crippen LogP) is 6.98. The zero-order valence-electron chi connectivity index (χ0n) is 16.7. The molecule has 0 aliphatic carbocycles. The second-order valence-electron chi connectivity index (χ2n) is 7.32. The van der Waals surface area contributed by atoms with E-state index in [1.165, 1.54) is 0 Å². The first-order chi connectivity index (χ1) is 15.0. The van der Waals surface area contributed by atoms with E-state index in [0.717, 1.165) is 16.8 Å². The third-order valence-electron chi connectivity index (χ3n) is 5.00. The first-order valence-electron chi connectivity index (χ1n) is 9.60. The zero-order valence-corrected chi connectivity index (χ0v) is 16.7. The summed E-state index contributed by atoms with van der Waals surface area (Å²) in [6.07, 6.45) is -9.80. The van der Waals surface area contributed by atoms with Crippen molar-refractivity contribution in [1.82, 2.24) is 9.55 Å². The highest BCUT2D eigenvalue weighted by atomic mass is 19.4. The van der Waals surface area contributed by atoms with Crippen LogP contribution < -0.4 is 5.32 Å². The molecule has 3 aromatic carbocycles. The Hall–Kier alpha value is -3.49. The molecular weight excluding hydrogens is 432 g/mol. The molecule has 4 aromatic rings. The van der Waals surface area contributed by atoms with Gasteiger partial charge in [-0.2, -0.15) is 26.3 Å². The lowest BCUT2D eigenvalue weighted by Gasteiger charge is -2.15. The van der Waals surface area contributed by atoms with Gasteiger partial charge in [-0.25, -0.2) is 4.98 Å². The number of halogens is 6. The molecule has 0 unspecified atom stereocenters. The normalized spacial score (nSPS) is 12.3. The van der Waals surface area contributed by atoms with Gasteiger partial charge in [0, 0.05) is 12.2 Å². The fraction of sp³-hybridized carbons (Fsp3) is 0.174. The molecule has 166 valence electrons. The van der Waals surface area contributed by atoms with Crippen LogP contribution in [-0.2, 0) is 18.9 Å². The molecule has 32 heavy (non-hydrogen) atoms. The van der Waals surface area contributed by atoms with E-state index in [1.54, 1.807) is 4.57 Å². The standard InChI is InChI=1S/C23H17F6N3/c1-14-6-5-9-19-20(14)31-21(32(19)18-7-3-2-4-8-18)30-13-15-10-16(22(24,25)26)12-17(11-15)23(27,28)29/h2-12H,13H2,1H3,(H,30,31). The van der Waals surface area contributed by atoms with Crippen LogP contribution in [0.25, 0.3) is 16.7 Å². The monoisotopic (exact) mass is 449 g/mol.